The number of amides is 1. The van der Waals surface area contributed by atoms with Crippen LogP contribution in [-0.4, -0.2) is 67.2 Å². The second kappa shape index (κ2) is 12.9. The van der Waals surface area contributed by atoms with Gasteiger partial charge in [-0.15, -0.1) is 0 Å². The van der Waals surface area contributed by atoms with E-state index in [1.54, 1.807) is 24.3 Å². The lowest BCUT2D eigenvalue weighted by Gasteiger charge is -2.36. The molecule has 2 aliphatic heterocycles. The number of carbonyl (C=O) groups is 1. The number of likely N-dealkylation sites (N-methyl/N-ethyl adjacent to an activating group) is 1. The van der Waals surface area contributed by atoms with Gasteiger partial charge in [0.2, 0.25) is 5.91 Å². The molecule has 3 aromatic rings. The lowest BCUT2D eigenvalue weighted by Crippen LogP contribution is -2.46. The van der Waals surface area contributed by atoms with Gasteiger partial charge in [0, 0.05) is 44.7 Å². The van der Waals surface area contributed by atoms with E-state index < -0.39 is 0 Å². The Morgan fingerprint density at radius 1 is 1.12 bits per heavy atom. The van der Waals surface area contributed by atoms with Gasteiger partial charge in [-0.25, -0.2) is 15.0 Å². The third-order valence-electron chi connectivity index (χ3n) is 7.30. The van der Waals surface area contributed by atoms with Crippen molar-refractivity contribution in [1.29, 1.82) is 0 Å². The molecule has 41 heavy (non-hydrogen) atoms. The van der Waals surface area contributed by atoms with Crippen LogP contribution in [0, 0.1) is 0 Å². The van der Waals surface area contributed by atoms with Crippen LogP contribution in [0.25, 0.3) is 0 Å². The van der Waals surface area contributed by atoms with E-state index in [0.717, 1.165) is 50.4 Å². The molecule has 2 aromatic carbocycles. The number of aromatic nitrogens is 2. The predicted molar refractivity (Wildman–Crippen MR) is 164 cm³/mol. The summed E-state index contributed by atoms with van der Waals surface area (Å²) in [6, 6.07) is 11.1. The number of methoxy groups -OCH3 is 1. The molecular formula is C29H33Cl2N7O3. The molecule has 0 bridgehead atoms. The van der Waals surface area contributed by atoms with Gasteiger partial charge in [-0.05, 0) is 36.4 Å². The van der Waals surface area contributed by atoms with Gasteiger partial charge in [-0.2, -0.15) is 0 Å². The van der Waals surface area contributed by atoms with E-state index in [-0.39, 0.29) is 11.9 Å². The van der Waals surface area contributed by atoms with Crippen molar-refractivity contribution in [3.63, 3.8) is 0 Å². The smallest absolute Gasteiger partial charge is 0.247 e. The Morgan fingerprint density at radius 2 is 1.93 bits per heavy atom. The Morgan fingerprint density at radius 3 is 2.63 bits per heavy atom. The minimum atomic E-state index is -0.293. The van der Waals surface area contributed by atoms with Crippen molar-refractivity contribution in [2.45, 2.75) is 19.4 Å². The van der Waals surface area contributed by atoms with Crippen LogP contribution in [0.4, 0.5) is 28.7 Å². The highest BCUT2D eigenvalue weighted by atomic mass is 35.5. The molecule has 2 N–H and O–H groups in total. The van der Waals surface area contributed by atoms with Crippen molar-refractivity contribution < 1.29 is 14.4 Å². The fourth-order valence-electron chi connectivity index (χ4n) is 5.08. The molecule has 0 spiro atoms. The first-order valence-electron chi connectivity index (χ1n) is 13.5. The second-order valence-corrected chi connectivity index (χ2v) is 10.5. The quantitative estimate of drug-likeness (QED) is 0.302. The van der Waals surface area contributed by atoms with E-state index in [4.69, 9.17) is 32.8 Å². The number of rotatable bonds is 9. The van der Waals surface area contributed by atoms with Crippen LogP contribution in [-0.2, 0) is 9.63 Å². The molecule has 216 valence electrons. The van der Waals surface area contributed by atoms with Crippen molar-refractivity contribution in [2.24, 2.45) is 0 Å². The van der Waals surface area contributed by atoms with Gasteiger partial charge in [0.05, 0.1) is 46.9 Å². The Balaban J connectivity index is 1.43. The van der Waals surface area contributed by atoms with Gasteiger partial charge in [-0.3, -0.25) is 9.63 Å². The van der Waals surface area contributed by atoms with E-state index in [9.17, 15) is 4.79 Å². The third-order valence-corrected chi connectivity index (χ3v) is 8.03. The lowest BCUT2D eigenvalue weighted by atomic mass is 10.0. The molecule has 0 aliphatic carbocycles. The predicted octanol–water partition coefficient (Wildman–Crippen LogP) is 5.69. The third kappa shape index (κ3) is 6.51. The van der Waals surface area contributed by atoms with Gasteiger partial charge < -0.3 is 25.2 Å². The van der Waals surface area contributed by atoms with Crippen molar-refractivity contribution in [3.05, 3.63) is 71.0 Å². The summed E-state index contributed by atoms with van der Waals surface area (Å²) in [5.41, 5.74) is 3.15. The molecule has 2 saturated heterocycles. The fourth-order valence-corrected chi connectivity index (χ4v) is 5.38. The first-order valence-corrected chi connectivity index (χ1v) is 14.2. The highest BCUT2D eigenvalue weighted by molar-refractivity contribution is 6.42. The molecule has 1 aromatic heterocycles. The van der Waals surface area contributed by atoms with Crippen LogP contribution >= 0.6 is 23.2 Å². The first kappa shape index (κ1) is 28.9. The largest absolute Gasteiger partial charge is 0.494 e. The summed E-state index contributed by atoms with van der Waals surface area (Å²) in [5, 5.41) is 9.05. The van der Waals surface area contributed by atoms with Crippen LogP contribution in [0.5, 0.6) is 5.75 Å². The molecule has 3 heterocycles. The van der Waals surface area contributed by atoms with Crippen LogP contribution in [0.1, 0.15) is 24.9 Å². The normalized spacial score (nSPS) is 17.4. The van der Waals surface area contributed by atoms with E-state index in [1.807, 2.05) is 24.3 Å². The summed E-state index contributed by atoms with van der Waals surface area (Å²) < 4.78 is 5.77. The Kier molecular flexibility index (Phi) is 9.14. The monoisotopic (exact) mass is 597 g/mol. The van der Waals surface area contributed by atoms with Crippen molar-refractivity contribution in [1.82, 2.24) is 14.9 Å². The minimum absolute atomic E-state index is 0.0878. The van der Waals surface area contributed by atoms with Gasteiger partial charge >= 0.3 is 0 Å². The topological polar surface area (TPSA) is 95.1 Å². The van der Waals surface area contributed by atoms with Crippen molar-refractivity contribution in [2.75, 3.05) is 67.0 Å². The number of anilines is 5. The number of hydroxylamine groups is 1. The summed E-state index contributed by atoms with van der Waals surface area (Å²) >= 11 is 12.4. The Bertz CT molecular complexity index is 1420. The fraction of sp³-hybridized carbons (Fsp3) is 0.345. The van der Waals surface area contributed by atoms with Gasteiger partial charge in [0.25, 0.3) is 0 Å². The number of hydrogen-bond acceptors (Lipinski definition) is 9. The summed E-state index contributed by atoms with van der Waals surface area (Å²) in [6.07, 6.45) is 3.49. The average molecular weight is 599 g/mol. The number of nitrogens with one attached hydrogen (secondary N) is 2. The maximum Gasteiger partial charge on any atom is 0.247 e. The zero-order valence-electron chi connectivity index (χ0n) is 23.1. The van der Waals surface area contributed by atoms with Crippen LogP contribution in [0.15, 0.2) is 55.4 Å². The van der Waals surface area contributed by atoms with Crippen LogP contribution < -0.4 is 25.3 Å². The molecule has 0 saturated carbocycles. The second-order valence-electron chi connectivity index (χ2n) is 9.71. The SMILES string of the molecule is C=CC(=O)Nc1cc(Nc2cc(N3OCC[C@@H]3c3ccc(Cl)c(Cl)c3)ncn2)c(OC)cc1N1CCN(CC)CC1. The van der Waals surface area contributed by atoms with Gasteiger partial charge in [-0.1, -0.05) is 42.8 Å². The molecule has 2 fully saturated rings. The van der Waals surface area contributed by atoms with Gasteiger partial charge in [0.1, 0.15) is 17.9 Å². The number of nitrogens with zero attached hydrogens (tertiary/aromatic N) is 5. The zero-order chi connectivity index (χ0) is 28.9. The van der Waals surface area contributed by atoms with E-state index in [1.165, 1.54) is 12.4 Å². The van der Waals surface area contributed by atoms with Crippen molar-refractivity contribution >= 4 is 57.8 Å². The molecule has 1 atom stereocenters. The number of hydrogen-bond donors (Lipinski definition) is 2. The molecule has 0 radical (unpaired) electrons. The summed E-state index contributed by atoms with van der Waals surface area (Å²) in [7, 11) is 1.62. The molecule has 2 aliphatic rings. The Hall–Kier alpha value is -3.57. The molecule has 5 rings (SSSR count). The number of halogens is 2. The number of carbonyl (C=O) groups excluding carboxylic acids is 1. The number of ether oxygens (including phenoxy) is 1. The Labute approximate surface area is 249 Å². The summed E-state index contributed by atoms with van der Waals surface area (Å²) in [6.45, 7) is 10.9. The van der Waals surface area contributed by atoms with Crippen LogP contribution in [0.3, 0.4) is 0 Å². The standard InChI is InChI=1S/C29H33Cl2N7O3/c1-4-29(39)35-22-15-23(26(40-3)16-25(22)37-11-9-36(5-2)10-12-37)34-27-17-28(33-18-32-27)38-24(8-13-41-38)19-6-7-20(30)21(31)14-19/h4,6-7,14-18,24H,1,5,8-13H2,2-3H3,(H,35,39)(H,32,33,34)/t24-/m1/s1. The van der Waals surface area contributed by atoms with Crippen LogP contribution in [0.2, 0.25) is 10.0 Å². The number of benzene rings is 2. The minimum Gasteiger partial charge on any atom is -0.494 e. The molecule has 10 nitrogen and oxygen atoms in total. The summed E-state index contributed by atoms with van der Waals surface area (Å²) in [5.74, 6) is 1.43. The zero-order valence-corrected chi connectivity index (χ0v) is 24.6. The maximum absolute atomic E-state index is 12.4. The highest BCUT2D eigenvalue weighted by Gasteiger charge is 2.30. The highest BCUT2D eigenvalue weighted by Crippen LogP contribution is 2.40. The summed E-state index contributed by atoms with van der Waals surface area (Å²) in [4.78, 5) is 31.8. The van der Waals surface area contributed by atoms with Crippen molar-refractivity contribution in [3.8, 4) is 5.75 Å². The average Bonchev–Trinajstić information content (AvgIpc) is 3.49. The molecule has 1 amide bonds. The van der Waals surface area contributed by atoms with E-state index in [2.05, 4.69) is 43.9 Å². The van der Waals surface area contributed by atoms with E-state index >= 15 is 0 Å². The lowest BCUT2D eigenvalue weighted by molar-refractivity contribution is -0.111. The maximum atomic E-state index is 12.4. The molecule has 12 heteroatoms. The van der Waals surface area contributed by atoms with E-state index in [0.29, 0.717) is 45.4 Å². The molecule has 0 unspecified atom stereocenters. The molecular weight excluding hydrogens is 565 g/mol. The van der Waals surface area contributed by atoms with Gasteiger partial charge in [0.15, 0.2) is 5.82 Å². The first-order chi connectivity index (χ1) is 19.9. The number of piperazine rings is 1.